The van der Waals surface area contributed by atoms with Crippen LogP contribution in [0.2, 0.25) is 0 Å². The summed E-state index contributed by atoms with van der Waals surface area (Å²) >= 11 is 1.68. The van der Waals surface area contributed by atoms with E-state index in [1.54, 1.807) is 11.9 Å². The number of phenolic OH excluding ortho intramolecular Hbond substituents is 2. The molecule has 5 heteroatoms. The molecule has 0 atom stereocenters. The predicted octanol–water partition coefficient (Wildman–Crippen LogP) is 5.98. The maximum absolute atomic E-state index is 11.2. The van der Waals surface area contributed by atoms with Gasteiger partial charge in [-0.05, 0) is 76.5 Å². The van der Waals surface area contributed by atoms with Gasteiger partial charge in [-0.3, -0.25) is 0 Å². The van der Waals surface area contributed by atoms with Crippen LogP contribution in [0.1, 0.15) is 70.9 Å². The second-order valence-corrected chi connectivity index (χ2v) is 10.8. The van der Waals surface area contributed by atoms with Crippen LogP contribution in [0.15, 0.2) is 34.3 Å². The van der Waals surface area contributed by atoms with Crippen LogP contribution in [-0.4, -0.2) is 40.7 Å². The van der Waals surface area contributed by atoms with Crippen molar-refractivity contribution < 1.29 is 10.2 Å². The highest BCUT2D eigenvalue weighted by Gasteiger charge is 2.48. The number of nitrogens with zero attached hydrogens (tertiary/aromatic N) is 1. The molecule has 1 spiro atoms. The normalized spacial score (nSPS) is 18.0. The molecule has 0 aliphatic carbocycles. The smallest absolute Gasteiger partial charge is 0.137 e. The topological polar surface area (TPSA) is 55.7 Å². The van der Waals surface area contributed by atoms with Crippen LogP contribution in [-0.2, 0) is 12.8 Å². The Kier molecular flexibility index (Phi) is 8.54. The van der Waals surface area contributed by atoms with Crippen molar-refractivity contribution in [3.8, 4) is 11.5 Å². The molecular weight excluding hydrogens is 404 g/mol. The van der Waals surface area contributed by atoms with Crippen molar-refractivity contribution >= 4 is 11.9 Å². The molecule has 172 valence electrons. The molecule has 2 aliphatic rings. The lowest BCUT2D eigenvalue weighted by atomic mass is 9.76. The van der Waals surface area contributed by atoms with E-state index in [-0.39, 0.29) is 11.5 Å². The molecule has 0 radical (unpaired) electrons. The largest absolute Gasteiger partial charge is 0.508 e. The van der Waals surface area contributed by atoms with E-state index in [4.69, 9.17) is 0 Å². The fourth-order valence-electron chi connectivity index (χ4n) is 4.35. The van der Waals surface area contributed by atoms with Gasteiger partial charge in [0, 0.05) is 37.2 Å². The van der Waals surface area contributed by atoms with Gasteiger partial charge < -0.3 is 15.5 Å². The van der Waals surface area contributed by atoms with Gasteiger partial charge in [-0.15, -0.1) is 0 Å². The minimum Gasteiger partial charge on any atom is -0.508 e. The molecule has 0 saturated carbocycles. The zero-order chi connectivity index (χ0) is 22.4. The Hall–Kier alpha value is -1.43. The first kappa shape index (κ1) is 24.2. The fourth-order valence-corrected chi connectivity index (χ4v) is 5.77. The third-order valence-corrected chi connectivity index (χ3v) is 7.61. The van der Waals surface area contributed by atoms with E-state index >= 15 is 0 Å². The van der Waals surface area contributed by atoms with Crippen molar-refractivity contribution in [3.63, 3.8) is 0 Å². The second-order valence-electron chi connectivity index (χ2n) is 9.74. The Morgan fingerprint density at radius 2 is 1.90 bits per heavy atom. The van der Waals surface area contributed by atoms with Gasteiger partial charge in [-0.25, -0.2) is 4.31 Å². The Labute approximate surface area is 192 Å². The molecule has 2 aliphatic heterocycles. The summed E-state index contributed by atoms with van der Waals surface area (Å²) in [5, 5.41) is 25.3. The molecule has 31 heavy (non-hydrogen) atoms. The molecule has 4 nitrogen and oxygen atoms in total. The van der Waals surface area contributed by atoms with Crippen LogP contribution in [0.4, 0.5) is 0 Å². The number of nitrogens with one attached hydrogen (secondary N) is 1. The number of hydrogen-bond donors (Lipinski definition) is 3. The summed E-state index contributed by atoms with van der Waals surface area (Å²) in [6, 6.07) is 1.90. The number of phenols is 2. The zero-order valence-electron chi connectivity index (χ0n) is 19.8. The van der Waals surface area contributed by atoms with E-state index < -0.39 is 0 Å². The van der Waals surface area contributed by atoms with E-state index in [0.29, 0.717) is 17.4 Å². The number of unbranched alkanes of at least 4 members (excludes halogenated alkanes) is 2. The maximum Gasteiger partial charge on any atom is 0.137 e. The van der Waals surface area contributed by atoms with Crippen molar-refractivity contribution in [1.29, 1.82) is 0 Å². The lowest BCUT2D eigenvalue weighted by molar-refractivity contribution is 0.0235. The van der Waals surface area contributed by atoms with Gasteiger partial charge in [0.05, 0.1) is 4.90 Å². The number of aromatic hydroxyl groups is 2. The van der Waals surface area contributed by atoms with Crippen molar-refractivity contribution in [2.24, 2.45) is 5.41 Å². The van der Waals surface area contributed by atoms with E-state index in [9.17, 15) is 10.2 Å². The molecule has 0 amide bonds. The first-order valence-corrected chi connectivity index (χ1v) is 12.6. The van der Waals surface area contributed by atoms with Crippen molar-refractivity contribution in [2.75, 3.05) is 26.2 Å². The van der Waals surface area contributed by atoms with Gasteiger partial charge >= 0.3 is 0 Å². The van der Waals surface area contributed by atoms with Crippen LogP contribution >= 0.6 is 11.9 Å². The first-order chi connectivity index (χ1) is 14.8. The number of hydrogen-bond acceptors (Lipinski definition) is 5. The molecule has 0 unspecified atom stereocenters. The standard InChI is InChI=1S/C26H40N2O2S/c1-5-6-7-11-21-14-23(29)22(13-12-20(4)10-8-9-19(2)3)24(30)25(21)31-28-17-26(18-28)15-27-16-26/h9,12,14,27,29-30H,5-8,10-11,13,15-18H2,1-4H3/b20-12+. The minimum absolute atomic E-state index is 0.227. The van der Waals surface area contributed by atoms with Gasteiger partial charge in [-0.2, -0.15) is 0 Å². The summed E-state index contributed by atoms with van der Waals surface area (Å²) < 4.78 is 2.36. The summed E-state index contributed by atoms with van der Waals surface area (Å²) in [6.07, 6.45) is 11.3. The highest BCUT2D eigenvalue weighted by atomic mass is 32.2. The molecular formula is C26H40N2O2S. The quantitative estimate of drug-likeness (QED) is 0.223. The fraction of sp³-hybridized carbons (Fsp3) is 0.615. The van der Waals surface area contributed by atoms with Crippen LogP contribution in [0.3, 0.4) is 0 Å². The highest BCUT2D eigenvalue weighted by molar-refractivity contribution is 7.97. The van der Waals surface area contributed by atoms with Crippen molar-refractivity contribution in [2.45, 2.75) is 77.5 Å². The molecule has 1 aromatic carbocycles. The van der Waals surface area contributed by atoms with E-state index in [2.05, 4.69) is 49.5 Å². The number of benzene rings is 1. The second kappa shape index (κ2) is 10.9. The maximum atomic E-state index is 11.2. The molecule has 3 N–H and O–H groups in total. The third kappa shape index (κ3) is 6.30. The number of allylic oxidation sites excluding steroid dienone is 4. The molecule has 2 saturated heterocycles. The summed E-state index contributed by atoms with van der Waals surface area (Å²) in [6.45, 7) is 12.9. The molecule has 0 aromatic heterocycles. The lowest BCUT2D eigenvalue weighted by Crippen LogP contribution is -2.69. The van der Waals surface area contributed by atoms with Gasteiger partial charge in [-0.1, -0.05) is 43.1 Å². The predicted molar refractivity (Wildman–Crippen MR) is 132 cm³/mol. The molecule has 0 bridgehead atoms. The average molecular weight is 445 g/mol. The first-order valence-electron chi connectivity index (χ1n) is 11.8. The van der Waals surface area contributed by atoms with Gasteiger partial charge in [0.25, 0.3) is 0 Å². The molecule has 2 heterocycles. The van der Waals surface area contributed by atoms with E-state index in [0.717, 1.165) is 68.7 Å². The Morgan fingerprint density at radius 3 is 2.52 bits per heavy atom. The molecule has 1 aromatic rings. The summed E-state index contributed by atoms with van der Waals surface area (Å²) in [5.74, 6) is 0.502. The minimum atomic E-state index is 0.227. The van der Waals surface area contributed by atoms with Gasteiger partial charge in [0.2, 0.25) is 0 Å². The van der Waals surface area contributed by atoms with Crippen LogP contribution < -0.4 is 5.32 Å². The number of aryl methyl sites for hydroxylation is 1. The lowest BCUT2D eigenvalue weighted by Gasteiger charge is -2.55. The molecule has 2 fully saturated rings. The summed E-state index contributed by atoms with van der Waals surface area (Å²) in [5.41, 5.74) is 4.82. The van der Waals surface area contributed by atoms with Crippen LogP contribution in [0, 0.1) is 5.41 Å². The monoisotopic (exact) mass is 444 g/mol. The van der Waals surface area contributed by atoms with Crippen molar-refractivity contribution in [3.05, 3.63) is 40.5 Å². The van der Waals surface area contributed by atoms with Crippen LogP contribution in [0.25, 0.3) is 0 Å². The van der Waals surface area contributed by atoms with E-state index in [1.165, 1.54) is 17.6 Å². The van der Waals surface area contributed by atoms with Crippen molar-refractivity contribution in [1.82, 2.24) is 9.62 Å². The summed E-state index contributed by atoms with van der Waals surface area (Å²) in [7, 11) is 0. The molecule has 3 rings (SSSR count). The SMILES string of the molecule is CCCCCc1cc(O)c(C/C=C(\C)CCC=C(C)C)c(O)c1SN1CC2(CNC2)C1. The zero-order valence-corrected chi connectivity index (χ0v) is 20.6. The highest BCUT2D eigenvalue weighted by Crippen LogP contribution is 2.47. The Bertz CT molecular complexity index is 815. The average Bonchev–Trinajstić information content (AvgIpc) is 2.64. The van der Waals surface area contributed by atoms with E-state index in [1.807, 2.05) is 6.07 Å². The van der Waals surface area contributed by atoms with Gasteiger partial charge in [0.15, 0.2) is 0 Å². The Morgan fingerprint density at radius 1 is 1.16 bits per heavy atom. The number of rotatable bonds is 11. The van der Waals surface area contributed by atoms with Crippen LogP contribution in [0.5, 0.6) is 11.5 Å². The third-order valence-electron chi connectivity index (χ3n) is 6.45. The summed E-state index contributed by atoms with van der Waals surface area (Å²) in [4.78, 5) is 0.946. The van der Waals surface area contributed by atoms with Gasteiger partial charge in [0.1, 0.15) is 11.5 Å². The Balaban J connectivity index is 1.74.